The molecular weight excluding hydrogens is 384 g/mol. The molecule has 10 heteroatoms. The first-order chi connectivity index (χ1) is 11.8. The highest BCUT2D eigenvalue weighted by Gasteiger charge is 2.39. The summed E-state index contributed by atoms with van der Waals surface area (Å²) in [6, 6.07) is 3.80. The summed E-state index contributed by atoms with van der Waals surface area (Å²) >= 11 is 2.85. The highest BCUT2D eigenvalue weighted by atomic mass is 32.2. The molecule has 1 aliphatic rings. The molecule has 2 aromatic heterocycles. The number of sulfone groups is 1. The summed E-state index contributed by atoms with van der Waals surface area (Å²) in [5, 5.41) is 6.85. The predicted molar refractivity (Wildman–Crippen MR) is 95.5 cm³/mol. The number of carbonyl (C=O) groups is 2. The van der Waals surface area contributed by atoms with Gasteiger partial charge in [-0.25, -0.2) is 18.2 Å². The van der Waals surface area contributed by atoms with Crippen LogP contribution in [0, 0.1) is 0 Å². The molecule has 1 amide bonds. The second-order valence-corrected chi connectivity index (χ2v) is 10.0. The molecule has 1 saturated heterocycles. The van der Waals surface area contributed by atoms with Crippen LogP contribution in [0.5, 0.6) is 0 Å². The minimum Gasteiger partial charge on any atom is -0.451 e. The van der Waals surface area contributed by atoms with Gasteiger partial charge in [0.05, 0.1) is 21.9 Å². The number of amides is 1. The maximum Gasteiger partial charge on any atom is 0.358 e. The van der Waals surface area contributed by atoms with Gasteiger partial charge in [-0.1, -0.05) is 6.07 Å². The number of nitrogens with zero attached hydrogens (tertiary/aromatic N) is 1. The number of hydrogen-bond acceptors (Lipinski definition) is 8. The van der Waals surface area contributed by atoms with Crippen LogP contribution in [0.2, 0.25) is 0 Å². The van der Waals surface area contributed by atoms with Gasteiger partial charge in [-0.3, -0.25) is 4.79 Å². The fraction of sp³-hybridized carbons (Fsp3) is 0.400. The lowest BCUT2D eigenvalue weighted by molar-refractivity contribution is -0.125. The van der Waals surface area contributed by atoms with Crippen molar-refractivity contribution < 1.29 is 22.7 Å². The molecule has 3 heterocycles. The van der Waals surface area contributed by atoms with Gasteiger partial charge < -0.3 is 10.1 Å². The highest BCUT2D eigenvalue weighted by Crippen LogP contribution is 2.28. The van der Waals surface area contributed by atoms with Crippen molar-refractivity contribution in [3.63, 3.8) is 0 Å². The van der Waals surface area contributed by atoms with Crippen LogP contribution in [-0.4, -0.2) is 48.9 Å². The number of esters is 1. The zero-order valence-electron chi connectivity index (χ0n) is 13.4. The van der Waals surface area contributed by atoms with Gasteiger partial charge in [0.1, 0.15) is 5.01 Å². The van der Waals surface area contributed by atoms with Crippen LogP contribution in [0.4, 0.5) is 0 Å². The van der Waals surface area contributed by atoms with Crippen molar-refractivity contribution in [3.8, 4) is 9.88 Å². The van der Waals surface area contributed by atoms with Crippen LogP contribution < -0.4 is 5.32 Å². The van der Waals surface area contributed by atoms with Crippen molar-refractivity contribution in [2.45, 2.75) is 18.9 Å². The predicted octanol–water partition coefficient (Wildman–Crippen LogP) is 1.72. The topological polar surface area (TPSA) is 102 Å². The van der Waals surface area contributed by atoms with E-state index in [4.69, 9.17) is 4.74 Å². The Bertz CT molecular complexity index is 888. The van der Waals surface area contributed by atoms with E-state index >= 15 is 0 Å². The Morgan fingerprint density at radius 1 is 1.40 bits per heavy atom. The number of ether oxygens (including phenoxy) is 1. The summed E-state index contributed by atoms with van der Waals surface area (Å²) in [6.45, 7) is 1.20. The van der Waals surface area contributed by atoms with Crippen molar-refractivity contribution in [2.75, 3.05) is 18.1 Å². The third kappa shape index (κ3) is 4.44. The molecule has 1 atom stereocenters. The molecule has 0 radical (unpaired) electrons. The third-order valence-electron chi connectivity index (χ3n) is 3.72. The molecule has 0 aromatic carbocycles. The van der Waals surface area contributed by atoms with Crippen LogP contribution in [-0.2, 0) is 19.4 Å². The van der Waals surface area contributed by atoms with Crippen molar-refractivity contribution in [2.24, 2.45) is 0 Å². The zero-order chi connectivity index (χ0) is 18.1. The largest absolute Gasteiger partial charge is 0.451 e. The van der Waals surface area contributed by atoms with E-state index in [-0.39, 0.29) is 17.2 Å². The van der Waals surface area contributed by atoms with Gasteiger partial charge in [0.25, 0.3) is 5.91 Å². The Kier molecular flexibility index (Phi) is 4.94. The van der Waals surface area contributed by atoms with Crippen LogP contribution in [0.3, 0.4) is 0 Å². The fourth-order valence-electron chi connectivity index (χ4n) is 2.57. The van der Waals surface area contributed by atoms with E-state index in [0.717, 1.165) is 9.88 Å². The molecule has 0 aliphatic carbocycles. The van der Waals surface area contributed by atoms with Gasteiger partial charge in [0.15, 0.2) is 22.1 Å². The molecule has 0 saturated carbocycles. The quantitative estimate of drug-likeness (QED) is 0.767. The lowest BCUT2D eigenvalue weighted by atomic mass is 10.0. The molecule has 0 unspecified atom stereocenters. The second kappa shape index (κ2) is 6.85. The standard InChI is InChI=1S/C15H16N2O5S3/c1-15(4-6-25(20,21)9-15)17-12(18)7-22-14(19)10-8-24-13(16-10)11-3-2-5-23-11/h2-3,5,8H,4,6-7,9H2,1H3,(H,17,18)/t15-/m0/s1. The van der Waals surface area contributed by atoms with E-state index in [1.54, 1.807) is 12.3 Å². The van der Waals surface area contributed by atoms with Crippen molar-refractivity contribution >= 4 is 44.4 Å². The average molecular weight is 401 g/mol. The SMILES string of the molecule is C[C@]1(NC(=O)COC(=O)c2csc(-c3cccs3)n2)CCS(=O)(=O)C1. The zero-order valence-corrected chi connectivity index (χ0v) is 15.8. The molecule has 3 rings (SSSR count). The molecule has 134 valence electrons. The molecule has 1 fully saturated rings. The van der Waals surface area contributed by atoms with Gasteiger partial charge in [-0.2, -0.15) is 0 Å². The Labute approximate surface area is 153 Å². The van der Waals surface area contributed by atoms with E-state index in [1.165, 1.54) is 22.7 Å². The van der Waals surface area contributed by atoms with Gasteiger partial charge in [-0.05, 0) is 24.8 Å². The number of aromatic nitrogens is 1. The van der Waals surface area contributed by atoms with Crippen LogP contribution >= 0.6 is 22.7 Å². The summed E-state index contributed by atoms with van der Waals surface area (Å²) in [4.78, 5) is 29.1. The molecule has 0 bridgehead atoms. The Balaban J connectivity index is 1.53. The molecular formula is C15H16N2O5S3. The average Bonchev–Trinajstić information content (AvgIpc) is 3.24. The fourth-order valence-corrected chi connectivity index (χ4v) is 6.26. The molecule has 7 nitrogen and oxygen atoms in total. The molecule has 0 spiro atoms. The van der Waals surface area contributed by atoms with Crippen LogP contribution in [0.15, 0.2) is 22.9 Å². The summed E-state index contributed by atoms with van der Waals surface area (Å²) < 4.78 is 28.0. The molecule has 2 aromatic rings. The van der Waals surface area contributed by atoms with Crippen LogP contribution in [0.25, 0.3) is 9.88 Å². The Hall–Kier alpha value is -1.78. The number of carbonyl (C=O) groups excluding carboxylic acids is 2. The monoisotopic (exact) mass is 400 g/mol. The molecule has 1 N–H and O–H groups in total. The van der Waals surface area contributed by atoms with E-state index in [2.05, 4.69) is 10.3 Å². The minimum absolute atomic E-state index is 0.0495. The van der Waals surface area contributed by atoms with Gasteiger partial charge in [-0.15, -0.1) is 22.7 Å². The normalized spacial score (nSPS) is 21.8. The smallest absolute Gasteiger partial charge is 0.358 e. The number of nitrogens with one attached hydrogen (secondary N) is 1. The first kappa shape index (κ1) is 18.0. The third-order valence-corrected chi connectivity index (χ3v) is 7.51. The van der Waals surface area contributed by atoms with Crippen molar-refractivity contribution in [3.05, 3.63) is 28.6 Å². The summed E-state index contributed by atoms with van der Waals surface area (Å²) in [5.41, 5.74) is -0.661. The number of hydrogen-bond donors (Lipinski definition) is 1. The van der Waals surface area contributed by atoms with E-state index < -0.39 is 33.9 Å². The second-order valence-electron chi connectivity index (χ2n) is 6.04. The van der Waals surface area contributed by atoms with Crippen LogP contribution in [0.1, 0.15) is 23.8 Å². The lowest BCUT2D eigenvalue weighted by Gasteiger charge is -2.23. The van der Waals surface area contributed by atoms with Crippen molar-refractivity contribution in [1.29, 1.82) is 0 Å². The Morgan fingerprint density at radius 2 is 2.20 bits per heavy atom. The summed E-state index contributed by atoms with van der Waals surface area (Å²) in [5.74, 6) is -1.26. The number of thiazole rings is 1. The minimum atomic E-state index is -3.12. The Morgan fingerprint density at radius 3 is 2.84 bits per heavy atom. The van der Waals surface area contributed by atoms with Gasteiger partial charge >= 0.3 is 5.97 Å². The highest BCUT2D eigenvalue weighted by molar-refractivity contribution is 7.91. The number of rotatable bonds is 5. The molecule has 1 aliphatic heterocycles. The first-order valence-corrected chi connectivity index (χ1v) is 11.0. The van der Waals surface area contributed by atoms with E-state index in [9.17, 15) is 18.0 Å². The van der Waals surface area contributed by atoms with Crippen molar-refractivity contribution in [1.82, 2.24) is 10.3 Å². The maximum atomic E-state index is 12.0. The van der Waals surface area contributed by atoms with E-state index in [0.29, 0.717) is 6.42 Å². The maximum absolute atomic E-state index is 12.0. The van der Waals surface area contributed by atoms with E-state index in [1.807, 2.05) is 17.5 Å². The first-order valence-electron chi connectivity index (χ1n) is 7.44. The lowest BCUT2D eigenvalue weighted by Crippen LogP contribution is -2.48. The summed E-state index contributed by atoms with van der Waals surface area (Å²) in [7, 11) is -3.12. The number of thiophene rings is 1. The summed E-state index contributed by atoms with van der Waals surface area (Å²) in [6.07, 6.45) is 0.352. The van der Waals surface area contributed by atoms with Gasteiger partial charge in [0.2, 0.25) is 0 Å². The van der Waals surface area contributed by atoms with Gasteiger partial charge in [0, 0.05) is 5.38 Å². The molecule has 25 heavy (non-hydrogen) atoms.